The number of ether oxygens (including phenoxy) is 1. The van der Waals surface area contributed by atoms with Crippen LogP contribution in [0.3, 0.4) is 0 Å². The fourth-order valence-corrected chi connectivity index (χ4v) is 2.36. The predicted molar refractivity (Wildman–Crippen MR) is 68.7 cm³/mol. The fraction of sp³-hybridized carbons (Fsp3) is 0.231. The molecule has 0 fully saturated rings. The lowest BCUT2D eigenvalue weighted by atomic mass is 10.0. The van der Waals surface area contributed by atoms with E-state index in [1.165, 1.54) is 0 Å². The minimum absolute atomic E-state index is 0.0952. The maximum Gasteiger partial charge on any atom is 0.340 e. The van der Waals surface area contributed by atoms with Gasteiger partial charge in [0, 0.05) is 17.7 Å². The summed E-state index contributed by atoms with van der Waals surface area (Å²) in [6.07, 6.45) is 0.729. The van der Waals surface area contributed by atoms with Crippen LogP contribution in [0.2, 0.25) is 0 Å². The van der Waals surface area contributed by atoms with Gasteiger partial charge < -0.3 is 15.4 Å². The molecular weight excluding hydrogens is 287 g/mol. The Kier molecular flexibility index (Phi) is 2.72. The first kappa shape index (κ1) is 13.5. The molecule has 0 spiro atoms. The monoisotopic (exact) mass is 297 g/mol. The van der Waals surface area contributed by atoms with Crippen LogP contribution < -0.4 is 5.73 Å². The third-order valence-corrected chi connectivity index (χ3v) is 3.29. The minimum atomic E-state index is -3.07. The second-order valence-electron chi connectivity index (χ2n) is 4.69. The summed E-state index contributed by atoms with van der Waals surface area (Å²) in [5, 5.41) is 0. The number of methoxy groups -OCH3 is 1. The Labute approximate surface area is 117 Å². The van der Waals surface area contributed by atoms with Gasteiger partial charge in [0.05, 0.1) is 30.6 Å². The van der Waals surface area contributed by atoms with Crippen LogP contribution in [0, 0.1) is 5.82 Å². The predicted octanol–water partition coefficient (Wildman–Crippen LogP) is 1.86. The molecule has 0 radical (unpaired) electrons. The molecule has 0 amide bonds. The maximum absolute atomic E-state index is 13.8. The molecule has 2 aliphatic rings. The van der Waals surface area contributed by atoms with E-state index in [4.69, 9.17) is 5.73 Å². The van der Waals surface area contributed by atoms with Crippen molar-refractivity contribution in [3.63, 3.8) is 0 Å². The first-order valence-corrected chi connectivity index (χ1v) is 5.97. The van der Waals surface area contributed by atoms with E-state index in [1.54, 1.807) is 0 Å². The average Bonchev–Trinajstić information content (AvgIpc) is 2.74. The summed E-state index contributed by atoms with van der Waals surface area (Å²) in [7, 11) is 1.10. The number of hydrogen-bond donors (Lipinski definition) is 1. The largest absolute Gasteiger partial charge is 0.465 e. The van der Waals surface area contributed by atoms with E-state index >= 15 is 0 Å². The van der Waals surface area contributed by atoms with E-state index in [1.807, 2.05) is 0 Å². The van der Waals surface area contributed by atoms with E-state index in [9.17, 15) is 18.0 Å². The molecule has 0 atom stereocenters. The summed E-state index contributed by atoms with van der Waals surface area (Å²) < 4.78 is 45.4. The number of benzene rings is 1. The smallest absolute Gasteiger partial charge is 0.340 e. The van der Waals surface area contributed by atoms with Gasteiger partial charge >= 0.3 is 5.97 Å². The number of alkyl halides is 2. The standard InChI is InChI=1S/C13H10F3N3O2/c1-21-11(20)6-2-7-9(3-8(6)14)18-12(17)19-5-13(15,16)4-10(7)19/h2-4H,5H2,1H3,(H2,17,18). The quantitative estimate of drug-likeness (QED) is 0.803. The fourth-order valence-electron chi connectivity index (χ4n) is 2.36. The van der Waals surface area contributed by atoms with Crippen molar-refractivity contribution in [3.8, 4) is 0 Å². The van der Waals surface area contributed by atoms with Gasteiger partial charge in [-0.25, -0.2) is 14.2 Å². The normalized spacial score (nSPS) is 18.6. The van der Waals surface area contributed by atoms with Crippen molar-refractivity contribution in [2.45, 2.75) is 5.92 Å². The number of hydrogen-bond acceptors (Lipinski definition) is 5. The lowest BCUT2D eigenvalue weighted by Crippen LogP contribution is -2.39. The Hall–Kier alpha value is -2.51. The van der Waals surface area contributed by atoms with Gasteiger partial charge in [0.1, 0.15) is 5.82 Å². The van der Waals surface area contributed by atoms with Crippen LogP contribution in [0.25, 0.3) is 5.70 Å². The van der Waals surface area contributed by atoms with Gasteiger partial charge in [-0.05, 0) is 6.07 Å². The van der Waals surface area contributed by atoms with Crippen molar-refractivity contribution in [1.82, 2.24) is 4.90 Å². The molecule has 1 aromatic carbocycles. The molecule has 0 saturated carbocycles. The van der Waals surface area contributed by atoms with Gasteiger partial charge in [-0.3, -0.25) is 0 Å². The Bertz CT molecular complexity index is 713. The summed E-state index contributed by atoms with van der Waals surface area (Å²) in [4.78, 5) is 16.5. The highest BCUT2D eigenvalue weighted by molar-refractivity contribution is 5.99. The summed E-state index contributed by atoms with van der Waals surface area (Å²) >= 11 is 0. The van der Waals surface area contributed by atoms with E-state index in [0.29, 0.717) is 0 Å². The number of esters is 1. The maximum atomic E-state index is 13.8. The molecular formula is C13H10F3N3O2. The SMILES string of the molecule is COC(=O)c1cc2c(cc1F)N=C(N)N1CC(F)(F)C=C21. The van der Waals surface area contributed by atoms with Crippen LogP contribution >= 0.6 is 0 Å². The number of nitrogens with zero attached hydrogens (tertiary/aromatic N) is 2. The van der Waals surface area contributed by atoms with E-state index in [0.717, 1.165) is 30.2 Å². The number of halogens is 3. The number of carbonyl (C=O) groups is 1. The third-order valence-electron chi connectivity index (χ3n) is 3.29. The minimum Gasteiger partial charge on any atom is -0.465 e. The average molecular weight is 297 g/mol. The summed E-state index contributed by atoms with van der Waals surface area (Å²) in [6, 6.07) is 2.12. The molecule has 5 nitrogen and oxygen atoms in total. The van der Waals surface area contributed by atoms with Gasteiger partial charge in [-0.2, -0.15) is 8.78 Å². The Morgan fingerprint density at radius 1 is 1.48 bits per heavy atom. The van der Waals surface area contributed by atoms with Crippen LogP contribution in [0.1, 0.15) is 15.9 Å². The molecule has 2 heterocycles. The molecule has 0 aromatic heterocycles. The third kappa shape index (κ3) is 2.03. The van der Waals surface area contributed by atoms with Crippen LogP contribution in [-0.4, -0.2) is 36.4 Å². The summed E-state index contributed by atoms with van der Waals surface area (Å²) in [6.45, 7) is -0.637. The van der Waals surface area contributed by atoms with E-state index in [-0.39, 0.29) is 28.5 Å². The van der Waals surface area contributed by atoms with E-state index < -0.39 is 24.3 Å². The first-order chi connectivity index (χ1) is 9.82. The van der Waals surface area contributed by atoms with Crippen LogP contribution in [0.15, 0.2) is 23.2 Å². The number of guanidine groups is 1. The lowest BCUT2D eigenvalue weighted by Gasteiger charge is -2.26. The zero-order valence-corrected chi connectivity index (χ0v) is 10.9. The second kappa shape index (κ2) is 4.24. The molecule has 8 heteroatoms. The van der Waals surface area contributed by atoms with Crippen molar-refractivity contribution >= 4 is 23.3 Å². The van der Waals surface area contributed by atoms with Crippen LogP contribution in [-0.2, 0) is 4.74 Å². The number of nitrogens with two attached hydrogens (primary N) is 1. The first-order valence-electron chi connectivity index (χ1n) is 5.97. The Morgan fingerprint density at radius 3 is 2.86 bits per heavy atom. The van der Waals surface area contributed by atoms with Crippen LogP contribution in [0.4, 0.5) is 18.9 Å². The zero-order valence-electron chi connectivity index (χ0n) is 10.9. The highest BCUT2D eigenvalue weighted by Gasteiger charge is 2.42. The molecule has 2 N–H and O–H groups in total. The highest BCUT2D eigenvalue weighted by atomic mass is 19.3. The lowest BCUT2D eigenvalue weighted by molar-refractivity contribution is 0.0550. The molecule has 0 bridgehead atoms. The number of rotatable bonds is 1. The van der Waals surface area contributed by atoms with Crippen molar-refractivity contribution in [2.75, 3.05) is 13.7 Å². The molecule has 1 aromatic rings. The topological polar surface area (TPSA) is 67.9 Å². The zero-order chi connectivity index (χ0) is 15.4. The molecule has 0 aliphatic carbocycles. The van der Waals surface area contributed by atoms with Gasteiger partial charge in [0.25, 0.3) is 5.92 Å². The molecule has 110 valence electrons. The van der Waals surface area contributed by atoms with Crippen LogP contribution in [0.5, 0.6) is 0 Å². The molecule has 2 aliphatic heterocycles. The Morgan fingerprint density at radius 2 is 2.19 bits per heavy atom. The highest BCUT2D eigenvalue weighted by Crippen LogP contribution is 2.42. The van der Waals surface area contributed by atoms with Crippen molar-refractivity contribution in [1.29, 1.82) is 0 Å². The van der Waals surface area contributed by atoms with Gasteiger partial charge in [-0.1, -0.05) is 0 Å². The second-order valence-corrected chi connectivity index (χ2v) is 4.69. The number of fused-ring (bicyclic) bond motifs is 3. The molecule has 0 saturated heterocycles. The van der Waals surface area contributed by atoms with Gasteiger partial charge in [-0.15, -0.1) is 0 Å². The van der Waals surface area contributed by atoms with Gasteiger partial charge in [0.2, 0.25) is 5.96 Å². The van der Waals surface area contributed by atoms with E-state index in [2.05, 4.69) is 9.73 Å². The number of aliphatic imine (C=N–C) groups is 1. The Balaban J connectivity index is 2.21. The summed E-state index contributed by atoms with van der Waals surface area (Å²) in [5.41, 5.74) is 5.68. The van der Waals surface area contributed by atoms with Crippen molar-refractivity contribution in [3.05, 3.63) is 35.2 Å². The van der Waals surface area contributed by atoms with Crippen molar-refractivity contribution in [2.24, 2.45) is 10.7 Å². The number of carbonyl (C=O) groups excluding carboxylic acids is 1. The van der Waals surface area contributed by atoms with Crippen molar-refractivity contribution < 1.29 is 22.7 Å². The van der Waals surface area contributed by atoms with Gasteiger partial charge in [0.15, 0.2) is 0 Å². The molecule has 3 rings (SSSR count). The molecule has 21 heavy (non-hydrogen) atoms. The molecule has 0 unspecified atom stereocenters. The summed E-state index contributed by atoms with van der Waals surface area (Å²) in [5.74, 6) is -4.96.